The van der Waals surface area contributed by atoms with Gasteiger partial charge in [-0.1, -0.05) is 65.0 Å². The molecule has 0 saturated heterocycles. The quantitative estimate of drug-likeness (QED) is 0.404. The maximum atomic E-state index is 12.0. The Morgan fingerprint density at radius 1 is 0.964 bits per heavy atom. The Morgan fingerprint density at radius 3 is 2.46 bits per heavy atom. The maximum absolute atomic E-state index is 12.0. The maximum Gasteiger partial charge on any atom is 0.234 e. The van der Waals surface area contributed by atoms with Crippen molar-refractivity contribution in [2.24, 2.45) is 0 Å². The van der Waals surface area contributed by atoms with E-state index in [1.165, 1.54) is 23.1 Å². The minimum atomic E-state index is -0.157. The smallest absolute Gasteiger partial charge is 0.234 e. The van der Waals surface area contributed by atoms with E-state index in [2.05, 4.69) is 20.8 Å². The van der Waals surface area contributed by atoms with E-state index in [1.54, 1.807) is 24.3 Å². The number of halogens is 1. The summed E-state index contributed by atoms with van der Waals surface area (Å²) in [5.41, 5.74) is 1.79. The van der Waals surface area contributed by atoms with Gasteiger partial charge in [0.2, 0.25) is 16.9 Å². The van der Waals surface area contributed by atoms with Gasteiger partial charge in [-0.15, -0.1) is 10.2 Å². The molecule has 3 rings (SSSR count). The molecular weight excluding hydrogens is 416 g/mol. The van der Waals surface area contributed by atoms with Crippen molar-refractivity contribution in [1.29, 1.82) is 0 Å². The molecule has 1 aromatic heterocycles. The van der Waals surface area contributed by atoms with Crippen LogP contribution < -0.4 is 10.6 Å². The van der Waals surface area contributed by atoms with E-state index in [0.29, 0.717) is 33.0 Å². The summed E-state index contributed by atoms with van der Waals surface area (Å²) < 4.78 is 0.615. The predicted octanol–water partition coefficient (Wildman–Crippen LogP) is 4.49. The zero-order chi connectivity index (χ0) is 19.8. The van der Waals surface area contributed by atoms with E-state index >= 15 is 0 Å². The normalized spacial score (nSPS) is 10.5. The van der Waals surface area contributed by atoms with Gasteiger partial charge in [0.15, 0.2) is 4.34 Å². The molecule has 0 aliphatic heterocycles. The molecule has 0 radical (unpaired) electrons. The van der Waals surface area contributed by atoms with E-state index in [9.17, 15) is 9.59 Å². The number of anilines is 2. The monoisotopic (exact) mass is 432 g/mol. The van der Waals surface area contributed by atoms with Gasteiger partial charge in [0.25, 0.3) is 0 Å². The topological polar surface area (TPSA) is 84.0 Å². The van der Waals surface area contributed by atoms with E-state index < -0.39 is 0 Å². The Bertz CT molecular complexity index is 933. The van der Waals surface area contributed by atoms with Crippen LogP contribution in [0.1, 0.15) is 12.0 Å². The van der Waals surface area contributed by atoms with Crippen LogP contribution >= 0.6 is 34.7 Å². The lowest BCUT2D eigenvalue weighted by atomic mass is 10.1. The van der Waals surface area contributed by atoms with Crippen LogP contribution in [0.3, 0.4) is 0 Å². The number of thioether (sulfide) groups is 1. The van der Waals surface area contributed by atoms with Crippen LogP contribution in [0.25, 0.3) is 0 Å². The van der Waals surface area contributed by atoms with Gasteiger partial charge < -0.3 is 10.6 Å². The van der Waals surface area contributed by atoms with Crippen LogP contribution in [0.2, 0.25) is 5.02 Å². The highest BCUT2D eigenvalue weighted by Crippen LogP contribution is 2.25. The molecule has 144 valence electrons. The number of benzene rings is 2. The van der Waals surface area contributed by atoms with Gasteiger partial charge in [-0.05, 0) is 36.2 Å². The number of carbonyl (C=O) groups excluding carboxylic acids is 2. The SMILES string of the molecule is O=C(CSc1nnc(NC(=O)CCc2ccccc2)s1)Nc1ccc(Cl)cc1. The molecule has 2 amide bonds. The fraction of sp³-hybridized carbons (Fsp3) is 0.158. The summed E-state index contributed by atoms with van der Waals surface area (Å²) in [5, 5.41) is 14.5. The van der Waals surface area contributed by atoms with Gasteiger partial charge in [-0.25, -0.2) is 0 Å². The lowest BCUT2D eigenvalue weighted by Crippen LogP contribution is -2.13. The van der Waals surface area contributed by atoms with Crippen molar-refractivity contribution in [3.63, 3.8) is 0 Å². The van der Waals surface area contributed by atoms with Gasteiger partial charge in [0.1, 0.15) is 0 Å². The second-order valence-corrected chi connectivity index (χ2v) is 8.39. The molecule has 1 heterocycles. The van der Waals surface area contributed by atoms with Crippen LogP contribution in [0.4, 0.5) is 10.8 Å². The van der Waals surface area contributed by atoms with Crippen LogP contribution in [0.5, 0.6) is 0 Å². The summed E-state index contributed by atoms with van der Waals surface area (Å²) in [6, 6.07) is 16.7. The van der Waals surface area contributed by atoms with Crippen LogP contribution in [-0.2, 0) is 16.0 Å². The summed E-state index contributed by atoms with van der Waals surface area (Å²) >= 11 is 8.33. The first-order valence-corrected chi connectivity index (χ1v) is 10.6. The van der Waals surface area contributed by atoms with Crippen molar-refractivity contribution >= 4 is 57.3 Å². The summed E-state index contributed by atoms with van der Waals surface area (Å²) in [7, 11) is 0. The average molecular weight is 433 g/mol. The molecule has 0 fully saturated rings. The third-order valence-corrected chi connectivity index (χ3v) is 5.82. The summed E-state index contributed by atoms with van der Waals surface area (Å²) in [6.07, 6.45) is 1.04. The fourth-order valence-corrected chi connectivity index (χ4v) is 3.95. The number of carbonyl (C=O) groups is 2. The second kappa shape index (κ2) is 10.2. The Balaban J connectivity index is 1.41. The molecule has 0 aliphatic rings. The lowest BCUT2D eigenvalue weighted by molar-refractivity contribution is -0.116. The molecule has 6 nitrogen and oxygen atoms in total. The Kier molecular flexibility index (Phi) is 7.41. The molecule has 0 bridgehead atoms. The second-order valence-electron chi connectivity index (χ2n) is 5.75. The van der Waals surface area contributed by atoms with Gasteiger partial charge >= 0.3 is 0 Å². The van der Waals surface area contributed by atoms with Gasteiger partial charge in [-0.3, -0.25) is 9.59 Å². The van der Waals surface area contributed by atoms with Crippen LogP contribution in [-0.4, -0.2) is 27.8 Å². The Hall–Kier alpha value is -2.42. The number of amides is 2. The molecule has 9 heteroatoms. The Labute approximate surface area is 175 Å². The lowest BCUT2D eigenvalue weighted by Gasteiger charge is -2.03. The van der Waals surface area contributed by atoms with Crippen molar-refractivity contribution in [3.05, 3.63) is 65.2 Å². The minimum absolute atomic E-state index is 0.114. The molecule has 0 unspecified atom stereocenters. The van der Waals surface area contributed by atoms with Crippen molar-refractivity contribution < 1.29 is 9.59 Å². The number of hydrogen-bond acceptors (Lipinski definition) is 6. The van der Waals surface area contributed by atoms with E-state index in [-0.39, 0.29) is 17.6 Å². The number of aryl methyl sites for hydroxylation is 1. The van der Waals surface area contributed by atoms with E-state index in [1.807, 2.05) is 30.3 Å². The third kappa shape index (κ3) is 6.63. The zero-order valence-electron chi connectivity index (χ0n) is 14.7. The van der Waals surface area contributed by atoms with Gasteiger partial charge in [0, 0.05) is 17.1 Å². The molecule has 0 saturated carbocycles. The number of hydrogen-bond donors (Lipinski definition) is 2. The minimum Gasteiger partial charge on any atom is -0.325 e. The Morgan fingerprint density at radius 2 is 1.71 bits per heavy atom. The molecule has 0 aliphatic carbocycles. The predicted molar refractivity (Wildman–Crippen MR) is 114 cm³/mol. The number of nitrogens with one attached hydrogen (secondary N) is 2. The van der Waals surface area contributed by atoms with Crippen LogP contribution in [0, 0.1) is 0 Å². The van der Waals surface area contributed by atoms with Crippen LogP contribution in [0.15, 0.2) is 58.9 Å². The average Bonchev–Trinajstić information content (AvgIpc) is 3.15. The van der Waals surface area contributed by atoms with Crippen molar-refractivity contribution in [1.82, 2.24) is 10.2 Å². The highest BCUT2D eigenvalue weighted by molar-refractivity contribution is 8.01. The van der Waals surface area contributed by atoms with Crippen molar-refractivity contribution in [2.45, 2.75) is 17.2 Å². The molecule has 0 spiro atoms. The fourth-order valence-electron chi connectivity index (χ4n) is 2.26. The standard InChI is InChI=1S/C19H17ClN4O2S2/c20-14-7-9-15(10-8-14)21-17(26)12-27-19-24-23-18(28-19)22-16(25)11-6-13-4-2-1-3-5-13/h1-5,7-10H,6,11-12H2,(H,21,26)(H,22,23,25). The number of nitrogens with zero attached hydrogens (tertiary/aromatic N) is 2. The first-order valence-electron chi connectivity index (χ1n) is 8.44. The van der Waals surface area contributed by atoms with E-state index in [0.717, 1.165) is 5.56 Å². The first kappa shape index (κ1) is 20.3. The van der Waals surface area contributed by atoms with Crippen molar-refractivity contribution in [2.75, 3.05) is 16.4 Å². The van der Waals surface area contributed by atoms with Gasteiger partial charge in [0.05, 0.1) is 5.75 Å². The highest BCUT2D eigenvalue weighted by atomic mass is 35.5. The summed E-state index contributed by atoms with van der Waals surface area (Å²) in [5.74, 6) is -0.0767. The zero-order valence-corrected chi connectivity index (χ0v) is 17.1. The number of rotatable bonds is 8. The summed E-state index contributed by atoms with van der Waals surface area (Å²) in [6.45, 7) is 0. The highest BCUT2D eigenvalue weighted by Gasteiger charge is 2.11. The molecule has 0 atom stereocenters. The molecule has 2 N–H and O–H groups in total. The molecule has 28 heavy (non-hydrogen) atoms. The van der Waals surface area contributed by atoms with E-state index in [4.69, 9.17) is 11.6 Å². The van der Waals surface area contributed by atoms with Crippen molar-refractivity contribution in [3.8, 4) is 0 Å². The first-order chi connectivity index (χ1) is 13.6. The number of aromatic nitrogens is 2. The largest absolute Gasteiger partial charge is 0.325 e. The molecular formula is C19H17ClN4O2S2. The third-order valence-electron chi connectivity index (χ3n) is 3.59. The molecule has 3 aromatic rings. The van der Waals surface area contributed by atoms with Gasteiger partial charge in [-0.2, -0.15) is 0 Å². The summed E-state index contributed by atoms with van der Waals surface area (Å²) in [4.78, 5) is 24.0. The molecule has 2 aromatic carbocycles.